The van der Waals surface area contributed by atoms with E-state index < -0.39 is 11.9 Å². The molecular weight excluding hydrogens is 352 g/mol. The van der Waals surface area contributed by atoms with Crippen molar-refractivity contribution in [3.05, 3.63) is 88.5 Å². The fourth-order valence-electron chi connectivity index (χ4n) is 3.94. The number of nitrogens with zero attached hydrogens (tertiary/aromatic N) is 1. The van der Waals surface area contributed by atoms with Gasteiger partial charge in [0.05, 0.1) is 5.57 Å². The molecule has 5 heteroatoms. The van der Waals surface area contributed by atoms with Gasteiger partial charge in [0.15, 0.2) is 5.78 Å². The number of carbonyl (C=O) groups is 2. The summed E-state index contributed by atoms with van der Waals surface area (Å²) in [5.41, 5.74) is 4.65. The Morgan fingerprint density at radius 2 is 2.00 bits per heavy atom. The maximum Gasteiger partial charge on any atom is 0.337 e. The van der Waals surface area contributed by atoms with Crippen molar-refractivity contribution in [3.63, 3.8) is 0 Å². The molecule has 0 radical (unpaired) electrons. The van der Waals surface area contributed by atoms with E-state index in [9.17, 15) is 9.59 Å². The lowest BCUT2D eigenvalue weighted by Gasteiger charge is -2.34. The molecule has 1 aromatic carbocycles. The molecule has 2 heterocycles. The minimum atomic E-state index is -0.410. The molecule has 0 saturated heterocycles. The van der Waals surface area contributed by atoms with Gasteiger partial charge in [0.1, 0.15) is 6.61 Å². The maximum atomic E-state index is 13.1. The van der Waals surface area contributed by atoms with Gasteiger partial charge in [-0.1, -0.05) is 36.4 Å². The van der Waals surface area contributed by atoms with E-state index in [-0.39, 0.29) is 12.4 Å². The van der Waals surface area contributed by atoms with Crippen molar-refractivity contribution in [1.82, 2.24) is 10.3 Å². The number of pyridine rings is 1. The highest BCUT2D eigenvalue weighted by Gasteiger charge is 2.38. The third-order valence-electron chi connectivity index (χ3n) is 5.22. The van der Waals surface area contributed by atoms with Crippen molar-refractivity contribution < 1.29 is 14.3 Å². The second kappa shape index (κ2) is 7.80. The van der Waals surface area contributed by atoms with Crippen LogP contribution in [0.25, 0.3) is 0 Å². The summed E-state index contributed by atoms with van der Waals surface area (Å²) in [7, 11) is 0. The van der Waals surface area contributed by atoms with Gasteiger partial charge < -0.3 is 10.1 Å². The molecule has 1 unspecified atom stereocenters. The molecule has 0 spiro atoms. The first kappa shape index (κ1) is 18.2. The fraction of sp³-hybridized carbons (Fsp3) is 0.261. The second-order valence-electron chi connectivity index (χ2n) is 7.11. The van der Waals surface area contributed by atoms with E-state index in [4.69, 9.17) is 4.74 Å². The average molecular weight is 374 g/mol. The molecule has 2 aliphatic rings. The summed E-state index contributed by atoms with van der Waals surface area (Å²) in [4.78, 5) is 29.9. The molecule has 0 fully saturated rings. The van der Waals surface area contributed by atoms with Crippen molar-refractivity contribution in [2.75, 3.05) is 0 Å². The molecule has 1 atom stereocenters. The van der Waals surface area contributed by atoms with Crippen LogP contribution in [0.15, 0.2) is 77.4 Å². The van der Waals surface area contributed by atoms with Gasteiger partial charge in [-0.3, -0.25) is 9.78 Å². The predicted molar refractivity (Wildman–Crippen MR) is 105 cm³/mol. The Kier molecular flexibility index (Phi) is 5.06. The minimum absolute atomic E-state index is 0.104. The van der Waals surface area contributed by atoms with E-state index >= 15 is 0 Å². The number of carbonyl (C=O) groups excluding carboxylic acids is 2. The third-order valence-corrected chi connectivity index (χ3v) is 5.22. The number of allylic oxidation sites excluding steroid dienone is 3. The second-order valence-corrected chi connectivity index (χ2v) is 7.11. The monoisotopic (exact) mass is 374 g/mol. The summed E-state index contributed by atoms with van der Waals surface area (Å²) < 4.78 is 5.59. The van der Waals surface area contributed by atoms with Crippen LogP contribution in [-0.2, 0) is 20.9 Å². The number of ether oxygens (including phenoxy) is 1. The van der Waals surface area contributed by atoms with Crippen LogP contribution >= 0.6 is 0 Å². The van der Waals surface area contributed by atoms with Gasteiger partial charge in [-0.05, 0) is 31.4 Å². The smallest absolute Gasteiger partial charge is 0.337 e. The van der Waals surface area contributed by atoms with Gasteiger partial charge in [0, 0.05) is 47.3 Å². The zero-order chi connectivity index (χ0) is 19.5. The van der Waals surface area contributed by atoms with Crippen LogP contribution in [0, 0.1) is 0 Å². The van der Waals surface area contributed by atoms with E-state index in [0.717, 1.165) is 35.4 Å². The van der Waals surface area contributed by atoms with Crippen molar-refractivity contribution in [2.24, 2.45) is 0 Å². The number of esters is 1. The average Bonchev–Trinajstić information content (AvgIpc) is 2.72. The lowest BCUT2D eigenvalue weighted by Crippen LogP contribution is -2.34. The van der Waals surface area contributed by atoms with Crippen molar-refractivity contribution in [1.29, 1.82) is 0 Å². The molecule has 0 bridgehead atoms. The number of nitrogens with one attached hydrogen (secondary N) is 1. The van der Waals surface area contributed by atoms with Gasteiger partial charge in [0.25, 0.3) is 0 Å². The molecule has 142 valence electrons. The topological polar surface area (TPSA) is 68.3 Å². The molecule has 1 aliphatic heterocycles. The standard InChI is InChI=1S/C23H22N2O3/c1-15-20(23(27)28-14-16-7-6-12-24-13-16)21(17-8-3-2-4-9-17)22-18(25-15)10-5-11-19(22)26/h2-4,6-9,12-13,21,25H,5,10-11,14H2,1H3. The van der Waals surface area contributed by atoms with E-state index in [2.05, 4.69) is 10.3 Å². The van der Waals surface area contributed by atoms with Gasteiger partial charge in [0.2, 0.25) is 0 Å². The van der Waals surface area contributed by atoms with E-state index in [0.29, 0.717) is 17.6 Å². The van der Waals surface area contributed by atoms with Crippen LogP contribution in [0.1, 0.15) is 43.2 Å². The number of rotatable bonds is 4. The number of ketones is 1. The van der Waals surface area contributed by atoms with Crippen LogP contribution < -0.4 is 5.32 Å². The number of hydrogen-bond donors (Lipinski definition) is 1. The fourth-order valence-corrected chi connectivity index (χ4v) is 3.94. The highest BCUT2D eigenvalue weighted by Crippen LogP contribution is 2.42. The number of Topliss-reactive ketones (excluding diaryl/α,β-unsaturated/α-hetero) is 1. The lowest BCUT2D eigenvalue weighted by atomic mass is 9.75. The Hall–Kier alpha value is -3.21. The molecule has 1 aliphatic carbocycles. The lowest BCUT2D eigenvalue weighted by molar-refractivity contribution is -0.140. The quantitative estimate of drug-likeness (QED) is 0.825. The van der Waals surface area contributed by atoms with E-state index in [1.807, 2.05) is 43.3 Å². The van der Waals surface area contributed by atoms with Crippen molar-refractivity contribution in [2.45, 2.75) is 38.7 Å². The third kappa shape index (κ3) is 3.48. The number of hydrogen-bond acceptors (Lipinski definition) is 5. The Balaban J connectivity index is 1.69. The molecule has 4 rings (SSSR count). The highest BCUT2D eigenvalue weighted by atomic mass is 16.5. The Bertz CT molecular complexity index is 962. The first-order valence-corrected chi connectivity index (χ1v) is 9.50. The van der Waals surface area contributed by atoms with Crippen LogP contribution in [-0.4, -0.2) is 16.7 Å². The highest BCUT2D eigenvalue weighted by molar-refractivity contribution is 6.03. The van der Waals surface area contributed by atoms with E-state index in [1.54, 1.807) is 18.5 Å². The van der Waals surface area contributed by atoms with Crippen LogP contribution in [0.5, 0.6) is 0 Å². The first-order valence-electron chi connectivity index (χ1n) is 9.50. The summed E-state index contributed by atoms with van der Waals surface area (Å²) in [6, 6.07) is 13.4. The summed E-state index contributed by atoms with van der Waals surface area (Å²) in [6.07, 6.45) is 5.52. The van der Waals surface area contributed by atoms with E-state index in [1.165, 1.54) is 0 Å². The molecule has 2 aromatic rings. The number of benzene rings is 1. The van der Waals surface area contributed by atoms with Crippen LogP contribution in [0.4, 0.5) is 0 Å². The zero-order valence-corrected chi connectivity index (χ0v) is 15.8. The predicted octanol–water partition coefficient (Wildman–Crippen LogP) is 3.79. The van der Waals surface area contributed by atoms with Crippen molar-refractivity contribution in [3.8, 4) is 0 Å². The number of dihydropyridines is 1. The molecule has 1 N–H and O–H groups in total. The first-order chi connectivity index (χ1) is 13.6. The molecule has 0 saturated carbocycles. The Morgan fingerprint density at radius 3 is 2.75 bits per heavy atom. The van der Waals surface area contributed by atoms with Crippen LogP contribution in [0.3, 0.4) is 0 Å². The minimum Gasteiger partial charge on any atom is -0.457 e. The molecule has 28 heavy (non-hydrogen) atoms. The van der Waals surface area contributed by atoms with Crippen LogP contribution in [0.2, 0.25) is 0 Å². The van der Waals surface area contributed by atoms with Gasteiger partial charge >= 0.3 is 5.97 Å². The molecular formula is C23H22N2O3. The van der Waals surface area contributed by atoms with Gasteiger partial charge in [-0.25, -0.2) is 4.79 Å². The van der Waals surface area contributed by atoms with Gasteiger partial charge in [-0.2, -0.15) is 0 Å². The largest absolute Gasteiger partial charge is 0.457 e. The summed E-state index contributed by atoms with van der Waals surface area (Å²) >= 11 is 0. The Labute approximate surface area is 164 Å². The summed E-state index contributed by atoms with van der Waals surface area (Å²) in [6.45, 7) is 2.02. The Morgan fingerprint density at radius 1 is 1.18 bits per heavy atom. The maximum absolute atomic E-state index is 13.1. The van der Waals surface area contributed by atoms with Crippen molar-refractivity contribution >= 4 is 11.8 Å². The molecule has 5 nitrogen and oxygen atoms in total. The normalized spacial score (nSPS) is 19.2. The number of aromatic nitrogens is 1. The SMILES string of the molecule is CC1=C(C(=O)OCc2cccnc2)C(c2ccccc2)C2=C(CCCC2=O)N1. The summed E-state index contributed by atoms with van der Waals surface area (Å²) in [5, 5.41) is 3.30. The van der Waals surface area contributed by atoms with Gasteiger partial charge in [-0.15, -0.1) is 0 Å². The molecule has 0 amide bonds. The molecule has 1 aromatic heterocycles. The zero-order valence-electron chi connectivity index (χ0n) is 15.8. The summed E-state index contributed by atoms with van der Waals surface area (Å²) in [5.74, 6) is -0.702.